The Labute approximate surface area is 137 Å². The van der Waals surface area contributed by atoms with Crippen LogP contribution in [0.15, 0.2) is 53.8 Å². The summed E-state index contributed by atoms with van der Waals surface area (Å²) in [5.74, 6) is 0.281. The minimum absolute atomic E-state index is 0.327. The van der Waals surface area contributed by atoms with Crippen molar-refractivity contribution >= 4 is 11.5 Å². The molecule has 0 heterocycles. The second kappa shape index (κ2) is 7.17. The van der Waals surface area contributed by atoms with Crippen LogP contribution in [0, 0.1) is 12.8 Å². The summed E-state index contributed by atoms with van der Waals surface area (Å²) in [6.45, 7) is 7.30. The Morgan fingerprint density at radius 2 is 2.13 bits per heavy atom. The average molecular weight is 310 g/mol. The Morgan fingerprint density at radius 3 is 2.65 bits per heavy atom. The van der Waals surface area contributed by atoms with Crippen LogP contribution < -0.4 is 4.74 Å². The van der Waals surface area contributed by atoms with Crippen LogP contribution in [0.2, 0.25) is 0 Å². The normalized spacial score (nSPS) is 15.5. The van der Waals surface area contributed by atoms with Crippen molar-refractivity contribution in [2.75, 3.05) is 7.11 Å². The lowest BCUT2D eigenvalue weighted by molar-refractivity contribution is -0.132. The molecule has 0 amide bonds. The van der Waals surface area contributed by atoms with E-state index in [1.165, 1.54) is 0 Å². The predicted molar refractivity (Wildman–Crippen MR) is 92.5 cm³/mol. The SMILES string of the molecule is C=C=C/C(=C(\C=C(/C)C(=O)O)C1CC1)c1cccc(C)c1OC. The molecule has 3 heteroatoms. The van der Waals surface area contributed by atoms with Gasteiger partial charge in [-0.1, -0.05) is 24.8 Å². The van der Waals surface area contributed by atoms with Gasteiger partial charge in [-0.15, -0.1) is 5.73 Å². The number of carboxylic acid groups (broad SMARTS) is 1. The molecule has 0 spiro atoms. The lowest BCUT2D eigenvalue weighted by Gasteiger charge is -2.15. The number of aliphatic carboxylic acids is 1. The zero-order valence-corrected chi connectivity index (χ0v) is 13.8. The molecule has 1 aliphatic rings. The summed E-state index contributed by atoms with van der Waals surface area (Å²) in [4.78, 5) is 11.2. The maximum absolute atomic E-state index is 11.2. The van der Waals surface area contributed by atoms with Crippen molar-refractivity contribution in [3.05, 3.63) is 64.9 Å². The van der Waals surface area contributed by atoms with Gasteiger partial charge in [0, 0.05) is 11.1 Å². The molecule has 1 fully saturated rings. The monoisotopic (exact) mass is 310 g/mol. The molecule has 1 aromatic rings. The third-order valence-electron chi connectivity index (χ3n) is 3.99. The number of methoxy groups -OCH3 is 1. The largest absolute Gasteiger partial charge is 0.496 e. The number of hydrogen-bond acceptors (Lipinski definition) is 2. The van der Waals surface area contributed by atoms with E-state index >= 15 is 0 Å². The summed E-state index contributed by atoms with van der Waals surface area (Å²) in [6.07, 6.45) is 5.73. The van der Waals surface area contributed by atoms with Gasteiger partial charge in [0.25, 0.3) is 0 Å². The van der Waals surface area contributed by atoms with Crippen molar-refractivity contribution < 1.29 is 14.6 Å². The number of carboxylic acids is 1. The molecule has 0 atom stereocenters. The molecule has 1 saturated carbocycles. The maximum atomic E-state index is 11.2. The van der Waals surface area contributed by atoms with Crippen LogP contribution in [-0.2, 0) is 4.79 Å². The van der Waals surface area contributed by atoms with Gasteiger partial charge in [-0.2, -0.15) is 0 Å². The minimum Gasteiger partial charge on any atom is -0.496 e. The topological polar surface area (TPSA) is 46.5 Å². The van der Waals surface area contributed by atoms with Crippen molar-refractivity contribution in [2.24, 2.45) is 5.92 Å². The molecule has 1 aromatic carbocycles. The average Bonchev–Trinajstić information content (AvgIpc) is 3.34. The fraction of sp³-hybridized carbons (Fsp3) is 0.300. The molecule has 2 rings (SSSR count). The highest BCUT2D eigenvalue weighted by Gasteiger charge is 2.28. The van der Waals surface area contributed by atoms with E-state index in [4.69, 9.17) is 4.74 Å². The van der Waals surface area contributed by atoms with E-state index in [0.29, 0.717) is 11.5 Å². The van der Waals surface area contributed by atoms with E-state index in [2.05, 4.69) is 12.3 Å². The van der Waals surface area contributed by atoms with E-state index in [-0.39, 0.29) is 0 Å². The summed E-state index contributed by atoms with van der Waals surface area (Å²) in [6, 6.07) is 5.95. The van der Waals surface area contributed by atoms with Crippen LogP contribution in [-0.4, -0.2) is 18.2 Å². The Bertz CT molecular complexity index is 727. The molecule has 0 radical (unpaired) electrons. The van der Waals surface area contributed by atoms with Gasteiger partial charge >= 0.3 is 5.97 Å². The van der Waals surface area contributed by atoms with Gasteiger partial charge < -0.3 is 9.84 Å². The van der Waals surface area contributed by atoms with Gasteiger partial charge in [0.15, 0.2) is 0 Å². The minimum atomic E-state index is -0.902. The van der Waals surface area contributed by atoms with Gasteiger partial charge in [0.05, 0.1) is 7.11 Å². The number of carbonyl (C=O) groups is 1. The molecule has 3 nitrogen and oxygen atoms in total. The first kappa shape index (κ1) is 16.9. The Kier molecular flexibility index (Phi) is 5.25. The number of rotatable bonds is 6. The Balaban J connectivity index is 2.72. The van der Waals surface area contributed by atoms with E-state index in [1.54, 1.807) is 20.1 Å². The zero-order valence-electron chi connectivity index (χ0n) is 13.8. The van der Waals surface area contributed by atoms with Gasteiger partial charge in [-0.3, -0.25) is 0 Å². The van der Waals surface area contributed by atoms with Crippen LogP contribution in [0.1, 0.15) is 30.9 Å². The third kappa shape index (κ3) is 3.82. The van der Waals surface area contributed by atoms with Crippen molar-refractivity contribution in [1.29, 1.82) is 0 Å². The third-order valence-corrected chi connectivity index (χ3v) is 3.99. The number of benzene rings is 1. The van der Waals surface area contributed by atoms with E-state index in [9.17, 15) is 9.90 Å². The van der Waals surface area contributed by atoms with Gasteiger partial charge in [0.1, 0.15) is 5.75 Å². The van der Waals surface area contributed by atoms with Crippen LogP contribution >= 0.6 is 0 Å². The summed E-state index contributed by atoms with van der Waals surface area (Å²) in [5, 5.41) is 9.21. The summed E-state index contributed by atoms with van der Waals surface area (Å²) >= 11 is 0. The molecule has 0 unspecified atom stereocenters. The molecular weight excluding hydrogens is 288 g/mol. The molecule has 0 saturated heterocycles. The van der Waals surface area contributed by atoms with Gasteiger partial charge in [0.2, 0.25) is 0 Å². The fourth-order valence-corrected chi connectivity index (χ4v) is 2.66. The fourth-order valence-electron chi connectivity index (χ4n) is 2.66. The van der Waals surface area contributed by atoms with Gasteiger partial charge in [-0.05, 0) is 61.5 Å². The highest BCUT2D eigenvalue weighted by molar-refractivity contribution is 5.89. The zero-order chi connectivity index (χ0) is 17.0. The Hall–Kier alpha value is -2.51. The first-order chi connectivity index (χ1) is 11.0. The summed E-state index contributed by atoms with van der Waals surface area (Å²) in [5.41, 5.74) is 7.10. The lowest BCUT2D eigenvalue weighted by atomic mass is 9.93. The molecular formula is C20H22O3. The van der Waals surface area contributed by atoms with Crippen LogP contribution in [0.5, 0.6) is 5.75 Å². The van der Waals surface area contributed by atoms with Crippen molar-refractivity contribution in [1.82, 2.24) is 0 Å². The van der Waals surface area contributed by atoms with Crippen molar-refractivity contribution in [3.8, 4) is 5.75 Å². The smallest absolute Gasteiger partial charge is 0.331 e. The molecule has 0 bridgehead atoms. The second-order valence-electron chi connectivity index (χ2n) is 5.78. The number of aryl methyl sites for hydroxylation is 1. The van der Waals surface area contributed by atoms with Crippen LogP contribution in [0.3, 0.4) is 0 Å². The van der Waals surface area contributed by atoms with Crippen LogP contribution in [0.25, 0.3) is 5.57 Å². The molecule has 1 aliphatic carbocycles. The standard InChI is InChI=1S/C20H22O3/c1-5-7-16(17-9-6-8-13(2)19(17)23-4)18(15-10-11-15)12-14(3)20(21)22/h6-9,12,15H,1,10-11H2,2-4H3,(H,21,22)/b14-12+,18-16-. The van der Waals surface area contributed by atoms with E-state index < -0.39 is 5.97 Å². The number of ether oxygens (including phenoxy) is 1. The first-order valence-electron chi connectivity index (χ1n) is 7.65. The summed E-state index contributed by atoms with van der Waals surface area (Å²) < 4.78 is 5.57. The maximum Gasteiger partial charge on any atom is 0.331 e. The Morgan fingerprint density at radius 1 is 1.43 bits per heavy atom. The first-order valence-corrected chi connectivity index (χ1v) is 7.65. The van der Waals surface area contributed by atoms with Crippen molar-refractivity contribution in [2.45, 2.75) is 26.7 Å². The summed E-state index contributed by atoms with van der Waals surface area (Å²) in [7, 11) is 1.65. The predicted octanol–water partition coefficient (Wildman–Crippen LogP) is 4.54. The van der Waals surface area contributed by atoms with Gasteiger partial charge in [-0.25, -0.2) is 4.79 Å². The number of allylic oxidation sites excluding steroid dienone is 4. The molecule has 23 heavy (non-hydrogen) atoms. The second-order valence-corrected chi connectivity index (χ2v) is 5.78. The highest BCUT2D eigenvalue weighted by atomic mass is 16.5. The quantitative estimate of drug-likeness (QED) is 0.477. The molecule has 1 N–H and O–H groups in total. The molecule has 0 aromatic heterocycles. The molecule has 120 valence electrons. The van der Waals surface area contributed by atoms with Crippen molar-refractivity contribution in [3.63, 3.8) is 0 Å². The lowest BCUT2D eigenvalue weighted by Crippen LogP contribution is -2.00. The molecule has 0 aliphatic heterocycles. The van der Waals surface area contributed by atoms with Crippen LogP contribution in [0.4, 0.5) is 0 Å². The highest BCUT2D eigenvalue weighted by Crippen LogP contribution is 2.43. The number of hydrogen-bond donors (Lipinski definition) is 1. The number of para-hydroxylation sites is 1. The van der Waals surface area contributed by atoms with E-state index in [0.717, 1.165) is 40.9 Å². The van der Waals surface area contributed by atoms with E-state index in [1.807, 2.05) is 31.2 Å².